The molecule has 0 radical (unpaired) electrons. The molecule has 1 aromatic carbocycles. The number of nitrogens with zero attached hydrogens (tertiary/aromatic N) is 1. The van der Waals surface area contributed by atoms with E-state index in [4.69, 9.17) is 0 Å². The number of carbonyl (C=O) groups is 1. The molecule has 0 spiro atoms. The van der Waals surface area contributed by atoms with Gasteiger partial charge in [-0.1, -0.05) is 12.1 Å². The molecule has 0 atom stereocenters. The zero-order valence-corrected chi connectivity index (χ0v) is 19.3. The molecule has 5 nitrogen and oxygen atoms in total. The molecule has 1 aromatic heterocycles. The number of aryl methyl sites for hydroxylation is 1. The van der Waals surface area contributed by atoms with E-state index in [0.717, 1.165) is 38.8 Å². The Bertz CT molecular complexity index is 889. The summed E-state index contributed by atoms with van der Waals surface area (Å²) >= 11 is 0. The van der Waals surface area contributed by atoms with Crippen LogP contribution in [-0.4, -0.2) is 52.5 Å². The molecule has 3 heterocycles. The van der Waals surface area contributed by atoms with Gasteiger partial charge in [-0.3, -0.25) is 9.69 Å². The van der Waals surface area contributed by atoms with Gasteiger partial charge >= 0.3 is 0 Å². The Labute approximate surface area is 181 Å². The third-order valence-electron chi connectivity index (χ3n) is 6.82. The van der Waals surface area contributed by atoms with Crippen molar-refractivity contribution in [2.24, 2.45) is 0 Å². The van der Waals surface area contributed by atoms with E-state index in [1.54, 1.807) is 0 Å². The lowest BCUT2D eigenvalue weighted by Crippen LogP contribution is -2.62. The van der Waals surface area contributed by atoms with E-state index in [9.17, 15) is 4.79 Å². The Kier molecular flexibility index (Phi) is 5.71. The molecule has 2 aliphatic heterocycles. The van der Waals surface area contributed by atoms with Crippen LogP contribution in [0.3, 0.4) is 0 Å². The van der Waals surface area contributed by atoms with E-state index in [-0.39, 0.29) is 23.0 Å². The molecule has 2 fully saturated rings. The van der Waals surface area contributed by atoms with Crippen molar-refractivity contribution in [2.75, 3.05) is 19.6 Å². The number of benzene rings is 1. The van der Waals surface area contributed by atoms with Crippen molar-refractivity contribution in [1.82, 2.24) is 20.5 Å². The molecular formula is C25H38N4O. The molecule has 4 rings (SSSR count). The van der Waals surface area contributed by atoms with E-state index in [1.807, 2.05) is 0 Å². The SMILES string of the molecule is Cc1ccc2c(C3CCN(CC(=O)NC4CC(C)(C)NC(C)(C)C4)CC3)c[nH]c2c1. The standard InChI is InChI=1S/C25H38N4O/c1-17-6-7-20-21(15-26-22(20)12-17)18-8-10-29(11-9-18)16-23(30)27-19-13-24(2,3)28-25(4,5)14-19/h6-7,12,15,18-19,26,28H,8-11,13-14,16H2,1-5H3,(H,27,30). The normalized spacial score (nSPS) is 23.0. The summed E-state index contributed by atoms with van der Waals surface area (Å²) < 4.78 is 0. The lowest BCUT2D eigenvalue weighted by atomic mass is 9.79. The highest BCUT2D eigenvalue weighted by Gasteiger charge is 2.38. The topological polar surface area (TPSA) is 60.2 Å². The van der Waals surface area contributed by atoms with Crippen LogP contribution in [0.1, 0.15) is 70.4 Å². The van der Waals surface area contributed by atoms with Gasteiger partial charge < -0.3 is 15.6 Å². The first-order chi connectivity index (χ1) is 14.1. The summed E-state index contributed by atoms with van der Waals surface area (Å²) in [6, 6.07) is 6.92. The largest absolute Gasteiger partial charge is 0.361 e. The summed E-state index contributed by atoms with van der Waals surface area (Å²) in [5.74, 6) is 0.751. The highest BCUT2D eigenvalue weighted by molar-refractivity contribution is 5.84. The average molecular weight is 411 g/mol. The van der Waals surface area contributed by atoms with Gasteiger partial charge in [-0.2, -0.15) is 0 Å². The van der Waals surface area contributed by atoms with Gasteiger partial charge in [0.05, 0.1) is 6.54 Å². The molecule has 0 unspecified atom stereocenters. The van der Waals surface area contributed by atoms with Crippen LogP contribution in [-0.2, 0) is 4.79 Å². The smallest absolute Gasteiger partial charge is 0.234 e. The van der Waals surface area contributed by atoms with Crippen molar-refractivity contribution >= 4 is 16.8 Å². The minimum atomic E-state index is 0.0515. The quantitative estimate of drug-likeness (QED) is 0.712. The molecule has 0 aliphatic carbocycles. The number of H-pyrrole nitrogens is 1. The van der Waals surface area contributed by atoms with E-state index in [2.05, 4.69) is 79.5 Å². The fraction of sp³-hybridized carbons (Fsp3) is 0.640. The van der Waals surface area contributed by atoms with Crippen LogP contribution in [0, 0.1) is 6.92 Å². The predicted octanol–water partition coefficient (Wildman–Crippen LogP) is 4.08. The Hall–Kier alpha value is -1.85. The number of aromatic amines is 1. The second kappa shape index (κ2) is 8.01. The van der Waals surface area contributed by atoms with E-state index in [1.165, 1.54) is 22.0 Å². The number of likely N-dealkylation sites (tertiary alicyclic amines) is 1. The zero-order chi connectivity index (χ0) is 21.5. The van der Waals surface area contributed by atoms with E-state index in [0.29, 0.717) is 12.5 Å². The van der Waals surface area contributed by atoms with Crippen LogP contribution < -0.4 is 10.6 Å². The summed E-state index contributed by atoms with van der Waals surface area (Å²) in [7, 11) is 0. The highest BCUT2D eigenvalue weighted by Crippen LogP contribution is 2.33. The molecular weight excluding hydrogens is 372 g/mol. The highest BCUT2D eigenvalue weighted by atomic mass is 16.2. The summed E-state index contributed by atoms with van der Waals surface area (Å²) in [6.07, 6.45) is 6.37. The van der Waals surface area contributed by atoms with Gasteiger partial charge in [0.1, 0.15) is 0 Å². The first kappa shape index (κ1) is 21.4. The predicted molar refractivity (Wildman–Crippen MR) is 124 cm³/mol. The molecule has 0 saturated carbocycles. The molecule has 5 heteroatoms. The third-order valence-corrected chi connectivity index (χ3v) is 6.82. The van der Waals surface area contributed by atoms with Gasteiger partial charge in [0.25, 0.3) is 0 Å². The van der Waals surface area contributed by atoms with Gasteiger partial charge in [0.2, 0.25) is 5.91 Å². The second-order valence-electron chi connectivity index (χ2n) is 10.9. The molecule has 164 valence electrons. The van der Waals surface area contributed by atoms with Crippen LogP contribution in [0.15, 0.2) is 24.4 Å². The molecule has 30 heavy (non-hydrogen) atoms. The summed E-state index contributed by atoms with van der Waals surface area (Å²) in [6.45, 7) is 13.5. The molecule has 2 aromatic rings. The maximum absolute atomic E-state index is 12.7. The second-order valence-corrected chi connectivity index (χ2v) is 10.9. The number of hydrogen-bond donors (Lipinski definition) is 3. The third kappa shape index (κ3) is 4.89. The molecule has 2 saturated heterocycles. The summed E-state index contributed by atoms with van der Waals surface area (Å²) in [5.41, 5.74) is 4.07. The lowest BCUT2D eigenvalue weighted by Gasteiger charge is -2.46. The number of fused-ring (bicyclic) bond motifs is 1. The average Bonchev–Trinajstić information content (AvgIpc) is 3.02. The molecule has 1 amide bonds. The number of amides is 1. The first-order valence-corrected chi connectivity index (χ1v) is 11.5. The maximum Gasteiger partial charge on any atom is 0.234 e. The van der Waals surface area contributed by atoms with E-state index >= 15 is 0 Å². The zero-order valence-electron chi connectivity index (χ0n) is 19.3. The first-order valence-electron chi connectivity index (χ1n) is 11.5. The lowest BCUT2D eigenvalue weighted by molar-refractivity contribution is -0.123. The minimum Gasteiger partial charge on any atom is -0.361 e. The van der Waals surface area contributed by atoms with Crippen molar-refractivity contribution in [3.63, 3.8) is 0 Å². The van der Waals surface area contributed by atoms with Crippen molar-refractivity contribution in [3.05, 3.63) is 35.5 Å². The Morgan fingerprint density at radius 3 is 2.47 bits per heavy atom. The van der Waals surface area contributed by atoms with Gasteiger partial charge in [-0.25, -0.2) is 0 Å². The number of hydrogen-bond acceptors (Lipinski definition) is 3. The van der Waals surface area contributed by atoms with Crippen LogP contribution >= 0.6 is 0 Å². The van der Waals surface area contributed by atoms with Crippen molar-refractivity contribution in [3.8, 4) is 0 Å². The molecule has 2 aliphatic rings. The van der Waals surface area contributed by atoms with Gasteiger partial charge in [0, 0.05) is 34.2 Å². The molecule has 0 bridgehead atoms. The van der Waals surface area contributed by atoms with Gasteiger partial charge in [0.15, 0.2) is 0 Å². The Morgan fingerprint density at radius 2 is 1.80 bits per heavy atom. The van der Waals surface area contributed by atoms with Crippen LogP contribution in [0.4, 0.5) is 0 Å². The summed E-state index contributed by atoms with van der Waals surface area (Å²) in [4.78, 5) is 18.5. The monoisotopic (exact) mass is 410 g/mol. The number of nitrogens with one attached hydrogen (secondary N) is 3. The number of rotatable bonds is 4. The van der Waals surface area contributed by atoms with Crippen LogP contribution in [0.5, 0.6) is 0 Å². The summed E-state index contributed by atoms with van der Waals surface area (Å²) in [5, 5.41) is 8.36. The number of aromatic nitrogens is 1. The van der Waals surface area contributed by atoms with Crippen molar-refractivity contribution in [2.45, 2.75) is 83.3 Å². The Morgan fingerprint density at radius 1 is 1.13 bits per heavy atom. The fourth-order valence-electron chi connectivity index (χ4n) is 5.90. The van der Waals surface area contributed by atoms with E-state index < -0.39 is 0 Å². The number of piperidine rings is 2. The number of carbonyl (C=O) groups excluding carboxylic acids is 1. The van der Waals surface area contributed by atoms with Crippen LogP contribution in [0.2, 0.25) is 0 Å². The maximum atomic E-state index is 12.7. The van der Waals surface area contributed by atoms with Gasteiger partial charge in [-0.15, -0.1) is 0 Å². The van der Waals surface area contributed by atoms with Crippen molar-refractivity contribution in [1.29, 1.82) is 0 Å². The Balaban J connectivity index is 1.30. The van der Waals surface area contributed by atoms with Crippen LogP contribution in [0.25, 0.3) is 10.9 Å². The minimum absolute atomic E-state index is 0.0515. The van der Waals surface area contributed by atoms with Gasteiger partial charge in [-0.05, 0) is 96.5 Å². The fourth-order valence-corrected chi connectivity index (χ4v) is 5.90. The molecule has 3 N–H and O–H groups in total. The van der Waals surface area contributed by atoms with Crippen molar-refractivity contribution < 1.29 is 4.79 Å².